The van der Waals surface area contributed by atoms with Crippen molar-refractivity contribution in [2.75, 3.05) is 7.11 Å². The Labute approximate surface area is 218 Å². The molecule has 4 rings (SSSR count). The maximum Gasteiger partial charge on any atom is 0.321 e. The summed E-state index contributed by atoms with van der Waals surface area (Å²) in [5.74, 6) is 0.423. The van der Waals surface area contributed by atoms with E-state index in [-0.39, 0.29) is 0 Å². The van der Waals surface area contributed by atoms with Gasteiger partial charge in [-0.15, -0.1) is 0 Å². The number of aryl methyl sites for hydroxylation is 1. The summed E-state index contributed by atoms with van der Waals surface area (Å²) in [5, 5.41) is 10.4. The van der Waals surface area contributed by atoms with E-state index >= 15 is 0 Å². The molecular formula is C32H33NO4. The van der Waals surface area contributed by atoms with Gasteiger partial charge in [0.25, 0.3) is 0 Å². The number of hydrogen-bond acceptors (Lipinski definition) is 4. The molecule has 190 valence electrons. The summed E-state index contributed by atoms with van der Waals surface area (Å²) in [6.07, 6.45) is 0.335. The zero-order valence-electron chi connectivity index (χ0n) is 21.3. The van der Waals surface area contributed by atoms with Crippen molar-refractivity contribution in [1.82, 2.24) is 4.90 Å². The molecule has 0 radical (unpaired) electrons. The van der Waals surface area contributed by atoms with Gasteiger partial charge in [-0.25, -0.2) is 0 Å². The van der Waals surface area contributed by atoms with E-state index in [1.54, 1.807) is 7.11 Å². The lowest BCUT2D eigenvalue weighted by Gasteiger charge is -2.29. The predicted octanol–water partition coefficient (Wildman–Crippen LogP) is 6.28. The van der Waals surface area contributed by atoms with E-state index < -0.39 is 12.0 Å². The average Bonchev–Trinajstić information content (AvgIpc) is 2.91. The molecule has 0 spiro atoms. The van der Waals surface area contributed by atoms with E-state index in [1.165, 1.54) is 0 Å². The lowest BCUT2D eigenvalue weighted by atomic mass is 10.00. The van der Waals surface area contributed by atoms with E-state index in [0.29, 0.717) is 37.6 Å². The van der Waals surface area contributed by atoms with Crippen LogP contribution < -0.4 is 9.47 Å². The summed E-state index contributed by atoms with van der Waals surface area (Å²) in [6, 6.07) is 33.1. The van der Waals surface area contributed by atoms with Crippen LogP contribution in [0, 0.1) is 6.92 Å². The zero-order valence-corrected chi connectivity index (χ0v) is 21.3. The number of ether oxygens (including phenoxy) is 2. The van der Waals surface area contributed by atoms with Crippen LogP contribution in [0.4, 0.5) is 0 Å². The maximum absolute atomic E-state index is 12.6. The van der Waals surface area contributed by atoms with Gasteiger partial charge in [0, 0.05) is 13.1 Å². The van der Waals surface area contributed by atoms with E-state index in [2.05, 4.69) is 0 Å². The van der Waals surface area contributed by atoms with Crippen LogP contribution in [0.2, 0.25) is 0 Å². The van der Waals surface area contributed by atoms with Crippen LogP contribution >= 0.6 is 0 Å². The third-order valence-corrected chi connectivity index (χ3v) is 6.35. The number of hydrogen-bond donors (Lipinski definition) is 1. The zero-order chi connectivity index (χ0) is 26.0. The Bertz CT molecular complexity index is 1230. The number of carboxylic acid groups (broad SMARTS) is 1. The van der Waals surface area contributed by atoms with Crippen LogP contribution in [0.5, 0.6) is 11.5 Å². The lowest BCUT2D eigenvalue weighted by molar-refractivity contribution is -0.143. The molecule has 0 bridgehead atoms. The second-order valence-corrected chi connectivity index (χ2v) is 9.15. The van der Waals surface area contributed by atoms with Gasteiger partial charge < -0.3 is 14.6 Å². The molecule has 4 aromatic carbocycles. The molecule has 0 aliphatic rings. The molecule has 5 nitrogen and oxygen atoms in total. The molecule has 0 amide bonds. The highest BCUT2D eigenvalue weighted by Crippen LogP contribution is 2.34. The van der Waals surface area contributed by atoms with E-state index in [0.717, 1.165) is 27.8 Å². The summed E-state index contributed by atoms with van der Waals surface area (Å²) < 4.78 is 11.8. The number of carboxylic acids is 1. The van der Waals surface area contributed by atoms with Gasteiger partial charge >= 0.3 is 5.97 Å². The van der Waals surface area contributed by atoms with Gasteiger partial charge in [-0.2, -0.15) is 0 Å². The molecule has 0 fully saturated rings. The fraction of sp³-hybridized carbons (Fsp3) is 0.219. The van der Waals surface area contributed by atoms with Crippen molar-refractivity contribution < 1.29 is 19.4 Å². The minimum absolute atomic E-state index is 0.335. The van der Waals surface area contributed by atoms with Crippen molar-refractivity contribution in [2.24, 2.45) is 0 Å². The largest absolute Gasteiger partial charge is 0.493 e. The number of benzene rings is 4. The Morgan fingerprint density at radius 3 is 1.78 bits per heavy atom. The first-order chi connectivity index (χ1) is 18.0. The first kappa shape index (κ1) is 26.0. The van der Waals surface area contributed by atoms with Crippen LogP contribution in [-0.4, -0.2) is 29.1 Å². The highest BCUT2D eigenvalue weighted by atomic mass is 16.5. The van der Waals surface area contributed by atoms with Crippen LogP contribution in [0.1, 0.15) is 27.8 Å². The van der Waals surface area contributed by atoms with Crippen LogP contribution in [0.3, 0.4) is 0 Å². The normalized spacial score (nSPS) is 11.8. The van der Waals surface area contributed by atoms with Gasteiger partial charge in [-0.05, 0) is 47.2 Å². The van der Waals surface area contributed by atoms with Crippen LogP contribution in [0.25, 0.3) is 0 Å². The second-order valence-electron chi connectivity index (χ2n) is 9.15. The highest BCUT2D eigenvalue weighted by molar-refractivity contribution is 5.74. The second kappa shape index (κ2) is 12.7. The number of rotatable bonds is 12. The Hall–Kier alpha value is -4.09. The third-order valence-electron chi connectivity index (χ3n) is 6.35. The van der Waals surface area contributed by atoms with Gasteiger partial charge in [-0.1, -0.05) is 97.1 Å². The molecule has 0 unspecified atom stereocenters. The number of carbonyl (C=O) groups is 1. The molecule has 0 saturated heterocycles. The van der Waals surface area contributed by atoms with Crippen LogP contribution in [0.15, 0.2) is 103 Å². The van der Waals surface area contributed by atoms with Crippen molar-refractivity contribution in [3.63, 3.8) is 0 Å². The topological polar surface area (TPSA) is 59.0 Å². The average molecular weight is 496 g/mol. The molecule has 0 aliphatic heterocycles. The lowest BCUT2D eigenvalue weighted by Crippen LogP contribution is -2.42. The molecule has 0 aliphatic carbocycles. The first-order valence-electron chi connectivity index (χ1n) is 12.4. The van der Waals surface area contributed by atoms with E-state index in [9.17, 15) is 9.90 Å². The molecule has 37 heavy (non-hydrogen) atoms. The standard InChI is InChI=1S/C32H33NO4/c1-24-18-28(20-30(31(24)36-2)37-23-27-16-10-5-11-17-27)19-29(32(34)35)33(21-25-12-6-3-7-13-25)22-26-14-8-4-9-15-26/h3-18,20,29H,19,21-23H2,1-2H3,(H,34,35)/t29-/m0/s1. The molecule has 0 aromatic heterocycles. The first-order valence-corrected chi connectivity index (χ1v) is 12.4. The molecule has 1 atom stereocenters. The van der Waals surface area contributed by atoms with Crippen molar-refractivity contribution >= 4 is 5.97 Å². The summed E-state index contributed by atoms with van der Waals surface area (Å²) >= 11 is 0. The Kier molecular flexibility index (Phi) is 8.95. The monoisotopic (exact) mass is 495 g/mol. The smallest absolute Gasteiger partial charge is 0.321 e. The highest BCUT2D eigenvalue weighted by Gasteiger charge is 2.27. The summed E-state index contributed by atoms with van der Waals surface area (Å²) in [4.78, 5) is 14.7. The van der Waals surface area contributed by atoms with Gasteiger partial charge in [-0.3, -0.25) is 9.69 Å². The van der Waals surface area contributed by atoms with Crippen molar-refractivity contribution in [1.29, 1.82) is 0 Å². The Morgan fingerprint density at radius 2 is 1.30 bits per heavy atom. The fourth-order valence-corrected chi connectivity index (χ4v) is 4.54. The van der Waals surface area contributed by atoms with E-state index in [4.69, 9.17) is 9.47 Å². The maximum atomic E-state index is 12.6. The van der Waals surface area contributed by atoms with Gasteiger partial charge in [0.2, 0.25) is 0 Å². The fourth-order valence-electron chi connectivity index (χ4n) is 4.54. The Balaban J connectivity index is 1.62. The molecule has 0 saturated carbocycles. The molecule has 4 aromatic rings. The quantitative estimate of drug-likeness (QED) is 0.251. The Morgan fingerprint density at radius 1 is 0.784 bits per heavy atom. The predicted molar refractivity (Wildman–Crippen MR) is 146 cm³/mol. The summed E-state index contributed by atoms with van der Waals surface area (Å²) in [5.41, 5.74) is 4.99. The van der Waals surface area contributed by atoms with Gasteiger partial charge in [0.05, 0.1) is 7.11 Å². The van der Waals surface area contributed by atoms with Crippen molar-refractivity contribution in [2.45, 2.75) is 39.1 Å². The van der Waals surface area contributed by atoms with Gasteiger partial charge in [0.1, 0.15) is 12.6 Å². The molecule has 1 N–H and O–H groups in total. The minimum Gasteiger partial charge on any atom is -0.493 e. The van der Waals surface area contributed by atoms with E-state index in [1.807, 2.05) is 115 Å². The van der Waals surface area contributed by atoms with Gasteiger partial charge in [0.15, 0.2) is 11.5 Å². The van der Waals surface area contributed by atoms with Crippen molar-refractivity contribution in [3.05, 3.63) is 131 Å². The summed E-state index contributed by atoms with van der Waals surface area (Å²) in [7, 11) is 1.62. The SMILES string of the molecule is COc1c(C)cc(C[C@@H](C(=O)O)N(Cc2ccccc2)Cc2ccccc2)cc1OCc1ccccc1. The number of methoxy groups -OCH3 is 1. The summed E-state index contributed by atoms with van der Waals surface area (Å²) in [6.45, 7) is 3.41. The van der Waals surface area contributed by atoms with Crippen molar-refractivity contribution in [3.8, 4) is 11.5 Å². The van der Waals surface area contributed by atoms with Crippen LogP contribution in [-0.2, 0) is 30.9 Å². The molecular weight excluding hydrogens is 462 g/mol. The molecule has 5 heteroatoms. The minimum atomic E-state index is -0.855. The third kappa shape index (κ3) is 7.21. The molecule has 0 heterocycles. The number of aliphatic carboxylic acids is 1. The number of nitrogens with zero attached hydrogens (tertiary/aromatic N) is 1.